The molecule has 0 aromatic heterocycles. The quantitative estimate of drug-likeness (QED) is 0.807. The van der Waals surface area contributed by atoms with Crippen molar-refractivity contribution in [3.63, 3.8) is 0 Å². The van der Waals surface area contributed by atoms with Gasteiger partial charge in [0, 0.05) is 12.7 Å². The van der Waals surface area contributed by atoms with E-state index in [4.69, 9.17) is 4.74 Å². The molecule has 1 aromatic rings. The van der Waals surface area contributed by atoms with Gasteiger partial charge in [-0.2, -0.15) is 0 Å². The standard InChI is InChI=1S/C12H18N2O2/c1-7-6-10(16-5)8(2)9(3)11(7)14-12(15)13-4/h6H,1-5H3,(H2,13,14,15). The van der Waals surface area contributed by atoms with Crippen LogP contribution >= 0.6 is 0 Å². The summed E-state index contributed by atoms with van der Waals surface area (Å²) in [4.78, 5) is 11.3. The lowest BCUT2D eigenvalue weighted by Gasteiger charge is -2.16. The topological polar surface area (TPSA) is 50.4 Å². The number of carbonyl (C=O) groups is 1. The van der Waals surface area contributed by atoms with Crippen LogP contribution in [0.4, 0.5) is 10.5 Å². The van der Waals surface area contributed by atoms with E-state index in [1.165, 1.54) is 0 Å². The Kier molecular flexibility index (Phi) is 3.77. The molecule has 0 aliphatic rings. The van der Waals surface area contributed by atoms with Gasteiger partial charge in [0.05, 0.1) is 7.11 Å². The van der Waals surface area contributed by atoms with Crippen molar-refractivity contribution < 1.29 is 9.53 Å². The number of nitrogens with one attached hydrogen (secondary N) is 2. The van der Waals surface area contributed by atoms with Gasteiger partial charge in [-0.25, -0.2) is 4.79 Å². The van der Waals surface area contributed by atoms with Crippen LogP contribution < -0.4 is 15.4 Å². The number of carbonyl (C=O) groups excluding carboxylic acids is 1. The number of hydrogen-bond donors (Lipinski definition) is 2. The van der Waals surface area contributed by atoms with Gasteiger partial charge in [0.1, 0.15) is 5.75 Å². The molecule has 0 atom stereocenters. The Labute approximate surface area is 96.0 Å². The first-order valence-corrected chi connectivity index (χ1v) is 5.14. The highest BCUT2D eigenvalue weighted by atomic mass is 16.5. The van der Waals surface area contributed by atoms with E-state index in [1.54, 1.807) is 14.2 Å². The van der Waals surface area contributed by atoms with E-state index in [-0.39, 0.29) is 6.03 Å². The maximum atomic E-state index is 11.3. The van der Waals surface area contributed by atoms with Gasteiger partial charge in [-0.1, -0.05) is 0 Å². The maximum absolute atomic E-state index is 11.3. The van der Waals surface area contributed by atoms with E-state index in [9.17, 15) is 4.79 Å². The lowest BCUT2D eigenvalue weighted by molar-refractivity contribution is 0.254. The number of methoxy groups -OCH3 is 1. The fourth-order valence-corrected chi connectivity index (χ4v) is 1.63. The summed E-state index contributed by atoms with van der Waals surface area (Å²) in [6.07, 6.45) is 0. The van der Waals surface area contributed by atoms with Gasteiger partial charge in [-0.15, -0.1) is 0 Å². The predicted molar refractivity (Wildman–Crippen MR) is 65.3 cm³/mol. The van der Waals surface area contributed by atoms with Crippen molar-refractivity contribution in [3.05, 3.63) is 22.8 Å². The zero-order valence-electron chi connectivity index (χ0n) is 10.4. The SMILES string of the molecule is CNC(=O)Nc1c(C)cc(OC)c(C)c1C. The molecule has 0 saturated heterocycles. The molecule has 16 heavy (non-hydrogen) atoms. The molecule has 0 fully saturated rings. The van der Waals surface area contributed by atoms with Gasteiger partial charge in [0.15, 0.2) is 0 Å². The van der Waals surface area contributed by atoms with Crippen LogP contribution in [0.5, 0.6) is 5.75 Å². The third kappa shape index (κ3) is 2.27. The number of amides is 2. The minimum atomic E-state index is -0.212. The summed E-state index contributed by atoms with van der Waals surface area (Å²) in [5.41, 5.74) is 3.90. The summed E-state index contributed by atoms with van der Waals surface area (Å²) in [7, 11) is 3.24. The molecular weight excluding hydrogens is 204 g/mol. The fourth-order valence-electron chi connectivity index (χ4n) is 1.63. The molecule has 0 bridgehead atoms. The minimum Gasteiger partial charge on any atom is -0.496 e. The Balaban J connectivity index is 3.20. The molecule has 0 spiro atoms. The van der Waals surface area contributed by atoms with E-state index < -0.39 is 0 Å². The third-order valence-corrected chi connectivity index (χ3v) is 2.73. The second kappa shape index (κ2) is 4.88. The number of hydrogen-bond acceptors (Lipinski definition) is 2. The highest BCUT2D eigenvalue weighted by Gasteiger charge is 2.12. The Bertz CT molecular complexity index is 414. The number of rotatable bonds is 2. The van der Waals surface area contributed by atoms with E-state index in [0.29, 0.717) is 0 Å². The van der Waals surface area contributed by atoms with Crippen LogP contribution in [0.2, 0.25) is 0 Å². The van der Waals surface area contributed by atoms with Crippen LogP contribution in [0.3, 0.4) is 0 Å². The second-order valence-electron chi connectivity index (χ2n) is 3.72. The van der Waals surface area contributed by atoms with Crippen molar-refractivity contribution in [1.29, 1.82) is 0 Å². The van der Waals surface area contributed by atoms with Crippen molar-refractivity contribution in [2.45, 2.75) is 20.8 Å². The van der Waals surface area contributed by atoms with Gasteiger partial charge in [0.25, 0.3) is 0 Å². The molecule has 0 heterocycles. The van der Waals surface area contributed by atoms with Crippen LogP contribution in [-0.2, 0) is 0 Å². The zero-order valence-corrected chi connectivity index (χ0v) is 10.4. The minimum absolute atomic E-state index is 0.212. The highest BCUT2D eigenvalue weighted by Crippen LogP contribution is 2.30. The van der Waals surface area contributed by atoms with Crippen LogP contribution in [0, 0.1) is 20.8 Å². The summed E-state index contributed by atoms with van der Waals surface area (Å²) in [5, 5.41) is 5.35. The van der Waals surface area contributed by atoms with Crippen molar-refractivity contribution in [2.24, 2.45) is 0 Å². The van der Waals surface area contributed by atoms with Gasteiger partial charge in [-0.3, -0.25) is 0 Å². The summed E-state index contributed by atoms with van der Waals surface area (Å²) >= 11 is 0. The van der Waals surface area contributed by atoms with Crippen molar-refractivity contribution in [3.8, 4) is 5.75 Å². The average molecular weight is 222 g/mol. The van der Waals surface area contributed by atoms with Gasteiger partial charge >= 0.3 is 6.03 Å². The Morgan fingerprint density at radius 2 is 1.88 bits per heavy atom. The van der Waals surface area contributed by atoms with Crippen molar-refractivity contribution in [2.75, 3.05) is 19.5 Å². The Morgan fingerprint density at radius 1 is 1.25 bits per heavy atom. The lowest BCUT2D eigenvalue weighted by Crippen LogP contribution is -2.25. The molecule has 0 radical (unpaired) electrons. The fraction of sp³-hybridized carbons (Fsp3) is 0.417. The summed E-state index contributed by atoms with van der Waals surface area (Å²) in [6.45, 7) is 5.89. The van der Waals surface area contributed by atoms with E-state index in [0.717, 1.165) is 28.1 Å². The number of urea groups is 1. The molecule has 1 aromatic carbocycles. The number of aryl methyl sites for hydroxylation is 1. The first-order chi connectivity index (χ1) is 7.51. The van der Waals surface area contributed by atoms with E-state index >= 15 is 0 Å². The van der Waals surface area contributed by atoms with Crippen molar-refractivity contribution >= 4 is 11.7 Å². The van der Waals surface area contributed by atoms with Crippen LogP contribution in [0.25, 0.3) is 0 Å². The molecule has 0 saturated carbocycles. The van der Waals surface area contributed by atoms with Gasteiger partial charge in [-0.05, 0) is 43.5 Å². The summed E-state index contributed by atoms with van der Waals surface area (Å²) in [6, 6.07) is 1.71. The number of benzene rings is 1. The zero-order chi connectivity index (χ0) is 12.3. The molecule has 0 aliphatic carbocycles. The Hall–Kier alpha value is -1.71. The predicted octanol–water partition coefficient (Wildman–Crippen LogP) is 2.37. The molecule has 88 valence electrons. The first-order valence-electron chi connectivity index (χ1n) is 5.14. The monoisotopic (exact) mass is 222 g/mol. The van der Waals surface area contributed by atoms with Gasteiger partial charge < -0.3 is 15.4 Å². The molecule has 0 unspecified atom stereocenters. The van der Waals surface area contributed by atoms with Crippen LogP contribution in [-0.4, -0.2) is 20.2 Å². The molecule has 1 rings (SSSR count). The maximum Gasteiger partial charge on any atom is 0.318 e. The molecular formula is C12H18N2O2. The number of anilines is 1. The average Bonchev–Trinajstić information content (AvgIpc) is 2.28. The summed E-state index contributed by atoms with van der Waals surface area (Å²) < 4.78 is 5.26. The molecule has 2 amide bonds. The van der Waals surface area contributed by atoms with Crippen molar-refractivity contribution in [1.82, 2.24) is 5.32 Å². The molecule has 0 aliphatic heterocycles. The number of ether oxygens (including phenoxy) is 1. The third-order valence-electron chi connectivity index (χ3n) is 2.73. The molecule has 2 N–H and O–H groups in total. The van der Waals surface area contributed by atoms with Gasteiger partial charge in [0.2, 0.25) is 0 Å². The molecule has 4 heteroatoms. The smallest absolute Gasteiger partial charge is 0.318 e. The largest absolute Gasteiger partial charge is 0.496 e. The Morgan fingerprint density at radius 3 is 2.38 bits per heavy atom. The molecule has 4 nitrogen and oxygen atoms in total. The second-order valence-corrected chi connectivity index (χ2v) is 3.72. The highest BCUT2D eigenvalue weighted by molar-refractivity contribution is 5.91. The van der Waals surface area contributed by atoms with Crippen LogP contribution in [0.15, 0.2) is 6.07 Å². The van der Waals surface area contributed by atoms with Crippen LogP contribution in [0.1, 0.15) is 16.7 Å². The lowest BCUT2D eigenvalue weighted by atomic mass is 10.0. The normalized spacial score (nSPS) is 9.81. The first kappa shape index (κ1) is 12.4. The van der Waals surface area contributed by atoms with E-state index in [2.05, 4.69) is 10.6 Å². The van der Waals surface area contributed by atoms with E-state index in [1.807, 2.05) is 26.8 Å². The summed E-state index contributed by atoms with van der Waals surface area (Å²) in [5.74, 6) is 0.845.